The van der Waals surface area contributed by atoms with E-state index in [-0.39, 0.29) is 27.1 Å². The molecule has 1 aliphatic heterocycles. The van der Waals surface area contributed by atoms with Crippen LogP contribution in [0.4, 0.5) is 0 Å². The average Bonchev–Trinajstić information content (AvgIpc) is 2.73. The second-order valence-electron chi connectivity index (χ2n) is 4.38. The number of hydrogen-bond acceptors (Lipinski definition) is 5. The number of sulfone groups is 1. The Labute approximate surface area is 120 Å². The molecule has 1 unspecified atom stereocenters. The fourth-order valence-electron chi connectivity index (χ4n) is 1.88. The smallest absolute Gasteiger partial charge is 0.337 e. The Morgan fingerprint density at radius 1 is 1.45 bits per heavy atom. The van der Waals surface area contributed by atoms with Crippen molar-refractivity contribution in [3.63, 3.8) is 0 Å². The zero-order valence-electron chi connectivity index (χ0n) is 10.7. The number of hydrogen-bond donors (Lipinski definition) is 2. The summed E-state index contributed by atoms with van der Waals surface area (Å²) >= 11 is 6.06. The van der Waals surface area contributed by atoms with Gasteiger partial charge >= 0.3 is 5.97 Å². The van der Waals surface area contributed by atoms with Gasteiger partial charge in [0.2, 0.25) is 0 Å². The predicted molar refractivity (Wildman–Crippen MR) is 73.2 cm³/mol. The highest BCUT2D eigenvalue weighted by molar-refractivity contribution is 7.90. The first-order valence-corrected chi connectivity index (χ1v) is 7.88. The lowest BCUT2D eigenvalue weighted by Gasteiger charge is -2.13. The van der Waals surface area contributed by atoms with Gasteiger partial charge in [0.25, 0.3) is 0 Å². The summed E-state index contributed by atoms with van der Waals surface area (Å²) in [5.74, 6) is -1.23. The quantitative estimate of drug-likeness (QED) is 0.881. The van der Waals surface area contributed by atoms with Crippen LogP contribution in [0.15, 0.2) is 23.1 Å². The van der Waals surface area contributed by atoms with Crippen molar-refractivity contribution in [3.05, 3.63) is 34.4 Å². The number of carboxylic acid groups (broad SMARTS) is 1. The highest BCUT2D eigenvalue weighted by Crippen LogP contribution is 2.34. The van der Waals surface area contributed by atoms with E-state index in [2.05, 4.69) is 5.48 Å². The van der Waals surface area contributed by atoms with E-state index in [1.165, 1.54) is 12.1 Å². The maximum absolute atomic E-state index is 11.8. The zero-order chi connectivity index (χ0) is 15.1. The van der Waals surface area contributed by atoms with Crippen LogP contribution in [0, 0.1) is 0 Å². The first kappa shape index (κ1) is 14.8. The van der Waals surface area contributed by atoms with Crippen molar-refractivity contribution in [1.29, 1.82) is 0 Å². The summed E-state index contributed by atoms with van der Waals surface area (Å²) in [5, 5.41) is 8.93. The van der Waals surface area contributed by atoms with E-state index in [1.807, 2.05) is 0 Å². The molecule has 0 aromatic heterocycles. The lowest BCUT2D eigenvalue weighted by molar-refractivity contribution is 0.0624. The fraction of sp³-hybridized carbons (Fsp3) is 0.250. The third kappa shape index (κ3) is 2.65. The van der Waals surface area contributed by atoms with E-state index < -0.39 is 15.8 Å². The molecule has 8 heteroatoms. The second-order valence-corrected chi connectivity index (χ2v) is 6.75. The van der Waals surface area contributed by atoms with Crippen LogP contribution in [0.2, 0.25) is 5.02 Å². The minimum atomic E-state index is -3.57. The van der Waals surface area contributed by atoms with Crippen LogP contribution in [0.5, 0.6) is 0 Å². The van der Waals surface area contributed by atoms with Gasteiger partial charge in [0.1, 0.15) is 6.10 Å². The number of hydroxylamine groups is 1. The lowest BCUT2D eigenvalue weighted by Crippen LogP contribution is -2.13. The van der Waals surface area contributed by atoms with E-state index in [9.17, 15) is 13.2 Å². The maximum atomic E-state index is 11.8. The highest BCUT2D eigenvalue weighted by Gasteiger charge is 2.26. The number of rotatable bonds is 3. The lowest BCUT2D eigenvalue weighted by atomic mass is 10.1. The fourth-order valence-corrected chi connectivity index (χ4v) is 3.18. The van der Waals surface area contributed by atoms with Gasteiger partial charge in [-0.3, -0.25) is 10.3 Å². The summed E-state index contributed by atoms with van der Waals surface area (Å²) in [7, 11) is -3.57. The van der Waals surface area contributed by atoms with Gasteiger partial charge < -0.3 is 5.11 Å². The third-order valence-corrected chi connectivity index (χ3v) is 4.29. The number of benzene rings is 1. The summed E-state index contributed by atoms with van der Waals surface area (Å²) in [6, 6.07) is 2.40. The number of carbonyl (C=O) groups is 1. The van der Waals surface area contributed by atoms with Crippen LogP contribution in [-0.4, -0.2) is 31.9 Å². The molecule has 0 spiro atoms. The van der Waals surface area contributed by atoms with Crippen molar-refractivity contribution in [2.45, 2.75) is 17.9 Å². The Kier molecular flexibility index (Phi) is 3.77. The highest BCUT2D eigenvalue weighted by atomic mass is 35.5. The Bertz CT molecular complexity index is 711. The normalized spacial score (nSPS) is 18.6. The number of nitrogens with one attached hydrogen (secondary N) is 1. The van der Waals surface area contributed by atoms with E-state index in [0.29, 0.717) is 5.70 Å². The predicted octanol–water partition coefficient (Wildman–Crippen LogP) is 1.71. The molecule has 0 radical (unpaired) electrons. The number of halogens is 1. The van der Waals surface area contributed by atoms with Crippen LogP contribution in [0.1, 0.15) is 22.8 Å². The molecule has 0 aliphatic carbocycles. The number of aromatic carboxylic acids is 1. The molecule has 20 heavy (non-hydrogen) atoms. The topological polar surface area (TPSA) is 92.7 Å². The average molecular weight is 318 g/mol. The molecule has 2 rings (SSSR count). The van der Waals surface area contributed by atoms with Crippen molar-refractivity contribution in [1.82, 2.24) is 5.48 Å². The number of carboxylic acids is 1. The molecule has 0 saturated heterocycles. The Hall–Kier alpha value is -1.57. The van der Waals surface area contributed by atoms with E-state index in [1.54, 1.807) is 13.0 Å². The molecule has 0 saturated carbocycles. The summed E-state index contributed by atoms with van der Waals surface area (Å²) in [6.07, 6.45) is 2.38. The van der Waals surface area contributed by atoms with Crippen molar-refractivity contribution in [2.75, 3.05) is 6.26 Å². The van der Waals surface area contributed by atoms with Crippen LogP contribution in [0.3, 0.4) is 0 Å². The summed E-state index contributed by atoms with van der Waals surface area (Å²) in [4.78, 5) is 16.2. The molecule has 1 heterocycles. The van der Waals surface area contributed by atoms with Crippen LogP contribution < -0.4 is 5.48 Å². The minimum absolute atomic E-state index is 0.0519. The molecule has 0 amide bonds. The molecule has 6 nitrogen and oxygen atoms in total. The van der Waals surface area contributed by atoms with E-state index in [4.69, 9.17) is 21.5 Å². The second kappa shape index (κ2) is 5.08. The Morgan fingerprint density at radius 3 is 2.55 bits per heavy atom. The molecule has 2 N–H and O–H groups in total. The van der Waals surface area contributed by atoms with Gasteiger partial charge in [-0.25, -0.2) is 13.2 Å². The SMILES string of the molecule is CC1C=C(c2c(S(C)(=O)=O)ccc(C(=O)O)c2Cl)NO1. The molecular weight excluding hydrogens is 306 g/mol. The van der Waals surface area contributed by atoms with Gasteiger partial charge in [-0.05, 0) is 25.1 Å². The minimum Gasteiger partial charge on any atom is -0.478 e. The van der Waals surface area contributed by atoms with Crippen molar-refractivity contribution < 1.29 is 23.2 Å². The van der Waals surface area contributed by atoms with Crippen molar-refractivity contribution in [3.8, 4) is 0 Å². The van der Waals surface area contributed by atoms with Gasteiger partial charge in [0.05, 0.1) is 21.2 Å². The summed E-state index contributed by atoms with van der Waals surface area (Å²) in [5.41, 5.74) is 2.84. The van der Waals surface area contributed by atoms with Gasteiger partial charge in [-0.1, -0.05) is 11.6 Å². The summed E-state index contributed by atoms with van der Waals surface area (Å²) < 4.78 is 23.6. The Balaban J connectivity index is 2.76. The zero-order valence-corrected chi connectivity index (χ0v) is 12.2. The first-order chi connectivity index (χ1) is 9.21. The molecule has 1 aliphatic rings. The van der Waals surface area contributed by atoms with Gasteiger partial charge in [0, 0.05) is 11.8 Å². The summed E-state index contributed by atoms with van der Waals surface area (Å²) in [6.45, 7) is 1.75. The molecular formula is C12H12ClNO5S. The van der Waals surface area contributed by atoms with Crippen molar-refractivity contribution >= 4 is 33.1 Å². The monoisotopic (exact) mass is 317 g/mol. The molecule has 1 aromatic rings. The van der Waals surface area contributed by atoms with E-state index >= 15 is 0 Å². The van der Waals surface area contributed by atoms with Crippen molar-refractivity contribution in [2.24, 2.45) is 0 Å². The Morgan fingerprint density at radius 2 is 2.10 bits per heavy atom. The van der Waals surface area contributed by atoms with Gasteiger partial charge in [-0.2, -0.15) is 0 Å². The van der Waals surface area contributed by atoms with E-state index in [0.717, 1.165) is 6.26 Å². The van der Waals surface area contributed by atoms with Gasteiger partial charge in [0.15, 0.2) is 9.84 Å². The van der Waals surface area contributed by atoms with Crippen LogP contribution in [0.25, 0.3) is 5.70 Å². The molecule has 0 fully saturated rings. The third-order valence-electron chi connectivity index (χ3n) is 2.76. The van der Waals surface area contributed by atoms with Crippen LogP contribution in [-0.2, 0) is 14.7 Å². The largest absolute Gasteiger partial charge is 0.478 e. The van der Waals surface area contributed by atoms with Crippen LogP contribution >= 0.6 is 11.6 Å². The van der Waals surface area contributed by atoms with Gasteiger partial charge in [-0.15, -0.1) is 0 Å². The molecule has 108 valence electrons. The molecule has 0 bridgehead atoms. The molecule has 1 atom stereocenters. The maximum Gasteiger partial charge on any atom is 0.337 e. The standard InChI is InChI=1S/C12H12ClNO5S/c1-6-5-8(14-19-6)10-9(20(2,17)18)4-3-7(11(10)13)12(15)16/h3-6,14H,1-2H3,(H,15,16). The first-order valence-electron chi connectivity index (χ1n) is 5.61. The molecule has 1 aromatic carbocycles.